The number of hydrogen-bond acceptors (Lipinski definition) is 2. The summed E-state index contributed by atoms with van der Waals surface area (Å²) in [7, 11) is 0. The SMILES string of the molecule is Fc1ccc(NCc2ccn(C3CCCC3)n2)c(Cl)c1. The standard InChI is InChI=1S/C15H17ClFN3/c16-14-9-11(17)5-6-15(14)18-10-12-7-8-20(19-12)13-3-1-2-4-13/h5-9,13,18H,1-4,10H2. The minimum Gasteiger partial charge on any atom is -0.378 e. The van der Waals surface area contributed by atoms with Crippen LogP contribution in [0.2, 0.25) is 5.02 Å². The first kappa shape index (κ1) is 13.4. The molecule has 1 aliphatic rings. The zero-order valence-electron chi connectivity index (χ0n) is 11.1. The van der Waals surface area contributed by atoms with E-state index in [0.717, 1.165) is 11.4 Å². The van der Waals surface area contributed by atoms with E-state index in [0.29, 0.717) is 17.6 Å². The number of rotatable bonds is 4. The topological polar surface area (TPSA) is 29.9 Å². The maximum atomic E-state index is 13.0. The lowest BCUT2D eigenvalue weighted by atomic mass is 10.3. The molecule has 3 rings (SSSR count). The molecule has 1 fully saturated rings. The first-order chi connectivity index (χ1) is 9.72. The van der Waals surface area contributed by atoms with E-state index >= 15 is 0 Å². The Morgan fingerprint density at radius 1 is 1.30 bits per heavy atom. The monoisotopic (exact) mass is 293 g/mol. The zero-order valence-corrected chi connectivity index (χ0v) is 11.9. The van der Waals surface area contributed by atoms with Crippen LogP contribution in [0.5, 0.6) is 0 Å². The van der Waals surface area contributed by atoms with Crippen LogP contribution in [0.3, 0.4) is 0 Å². The molecule has 20 heavy (non-hydrogen) atoms. The third-order valence-corrected chi connectivity index (χ3v) is 4.07. The number of halogens is 2. The predicted molar refractivity (Wildman–Crippen MR) is 78.5 cm³/mol. The number of benzene rings is 1. The number of aromatic nitrogens is 2. The van der Waals surface area contributed by atoms with Crippen LogP contribution in [-0.2, 0) is 6.54 Å². The molecule has 0 atom stereocenters. The molecule has 0 radical (unpaired) electrons. The average molecular weight is 294 g/mol. The Morgan fingerprint density at radius 3 is 2.85 bits per heavy atom. The van der Waals surface area contributed by atoms with Crippen LogP contribution < -0.4 is 5.32 Å². The van der Waals surface area contributed by atoms with Gasteiger partial charge < -0.3 is 5.32 Å². The molecule has 0 amide bonds. The number of hydrogen-bond donors (Lipinski definition) is 1. The summed E-state index contributed by atoms with van der Waals surface area (Å²) >= 11 is 5.98. The fraction of sp³-hybridized carbons (Fsp3) is 0.400. The van der Waals surface area contributed by atoms with Crippen molar-refractivity contribution in [3.05, 3.63) is 47.0 Å². The van der Waals surface area contributed by atoms with E-state index in [1.165, 1.54) is 37.8 Å². The summed E-state index contributed by atoms with van der Waals surface area (Å²) in [6.07, 6.45) is 7.07. The maximum absolute atomic E-state index is 13.0. The molecule has 106 valence electrons. The van der Waals surface area contributed by atoms with Gasteiger partial charge in [-0.2, -0.15) is 5.10 Å². The van der Waals surface area contributed by atoms with Crippen LogP contribution in [0.25, 0.3) is 0 Å². The van der Waals surface area contributed by atoms with E-state index in [-0.39, 0.29) is 5.82 Å². The first-order valence-corrected chi connectivity index (χ1v) is 7.33. The van der Waals surface area contributed by atoms with E-state index < -0.39 is 0 Å². The molecule has 0 spiro atoms. The second-order valence-electron chi connectivity index (χ2n) is 5.20. The Morgan fingerprint density at radius 2 is 2.10 bits per heavy atom. The fourth-order valence-corrected chi connectivity index (χ4v) is 2.90. The summed E-state index contributed by atoms with van der Waals surface area (Å²) in [5.41, 5.74) is 1.70. The lowest BCUT2D eigenvalue weighted by molar-refractivity contribution is 0.463. The third-order valence-electron chi connectivity index (χ3n) is 3.75. The molecular weight excluding hydrogens is 277 g/mol. The first-order valence-electron chi connectivity index (χ1n) is 6.95. The van der Waals surface area contributed by atoms with Gasteiger partial charge in [0.1, 0.15) is 5.82 Å². The highest BCUT2D eigenvalue weighted by Crippen LogP contribution is 2.29. The summed E-state index contributed by atoms with van der Waals surface area (Å²) in [6, 6.07) is 6.92. The van der Waals surface area contributed by atoms with Gasteiger partial charge in [-0.3, -0.25) is 4.68 Å². The molecule has 0 unspecified atom stereocenters. The van der Waals surface area contributed by atoms with Crippen molar-refractivity contribution >= 4 is 17.3 Å². The Balaban J connectivity index is 1.63. The number of nitrogens with one attached hydrogen (secondary N) is 1. The normalized spacial score (nSPS) is 15.7. The molecule has 3 nitrogen and oxygen atoms in total. The zero-order chi connectivity index (χ0) is 13.9. The molecule has 0 aliphatic heterocycles. The Hall–Kier alpha value is -1.55. The van der Waals surface area contributed by atoms with Gasteiger partial charge in [0, 0.05) is 6.20 Å². The summed E-state index contributed by atoms with van der Waals surface area (Å²) < 4.78 is 15.0. The minimum atomic E-state index is -0.328. The summed E-state index contributed by atoms with van der Waals surface area (Å²) in [4.78, 5) is 0. The maximum Gasteiger partial charge on any atom is 0.124 e. The van der Waals surface area contributed by atoms with Gasteiger partial charge in [-0.1, -0.05) is 24.4 Å². The number of nitrogens with zero attached hydrogens (tertiary/aromatic N) is 2. The van der Waals surface area contributed by atoms with Crippen molar-refractivity contribution in [3.63, 3.8) is 0 Å². The van der Waals surface area contributed by atoms with Crippen molar-refractivity contribution in [2.24, 2.45) is 0 Å². The summed E-state index contributed by atoms with van der Waals surface area (Å²) in [5, 5.41) is 8.17. The molecule has 1 aliphatic carbocycles. The van der Waals surface area contributed by atoms with Crippen molar-refractivity contribution in [1.29, 1.82) is 0 Å². The van der Waals surface area contributed by atoms with Crippen LogP contribution in [0, 0.1) is 5.82 Å². The van der Waals surface area contributed by atoms with Gasteiger partial charge in [0.15, 0.2) is 0 Å². The largest absolute Gasteiger partial charge is 0.378 e. The molecule has 1 N–H and O–H groups in total. The van der Waals surface area contributed by atoms with Gasteiger partial charge in [0.2, 0.25) is 0 Å². The van der Waals surface area contributed by atoms with Crippen LogP contribution >= 0.6 is 11.6 Å². The van der Waals surface area contributed by atoms with Crippen LogP contribution in [0.1, 0.15) is 37.4 Å². The molecular formula is C15H17ClFN3. The van der Waals surface area contributed by atoms with Gasteiger partial charge in [0.25, 0.3) is 0 Å². The third kappa shape index (κ3) is 2.96. The molecule has 0 saturated heterocycles. The quantitative estimate of drug-likeness (QED) is 0.905. The van der Waals surface area contributed by atoms with Crippen molar-refractivity contribution < 1.29 is 4.39 Å². The molecule has 1 heterocycles. The lowest BCUT2D eigenvalue weighted by Gasteiger charge is -2.09. The van der Waals surface area contributed by atoms with Crippen LogP contribution in [0.4, 0.5) is 10.1 Å². The molecule has 1 aromatic carbocycles. The van der Waals surface area contributed by atoms with Crippen molar-refractivity contribution in [2.75, 3.05) is 5.32 Å². The Bertz CT molecular complexity index is 591. The smallest absolute Gasteiger partial charge is 0.124 e. The van der Waals surface area contributed by atoms with E-state index in [4.69, 9.17) is 11.6 Å². The minimum absolute atomic E-state index is 0.328. The van der Waals surface area contributed by atoms with Crippen molar-refractivity contribution in [3.8, 4) is 0 Å². The van der Waals surface area contributed by atoms with E-state index in [9.17, 15) is 4.39 Å². The highest BCUT2D eigenvalue weighted by Gasteiger charge is 2.17. The summed E-state index contributed by atoms with van der Waals surface area (Å²) in [5.74, 6) is -0.328. The highest BCUT2D eigenvalue weighted by molar-refractivity contribution is 6.33. The molecule has 2 aromatic rings. The Kier molecular flexibility index (Phi) is 3.92. The van der Waals surface area contributed by atoms with Crippen LogP contribution in [-0.4, -0.2) is 9.78 Å². The highest BCUT2D eigenvalue weighted by atomic mass is 35.5. The fourth-order valence-electron chi connectivity index (χ4n) is 2.66. The Labute approximate surface area is 122 Å². The second-order valence-corrected chi connectivity index (χ2v) is 5.61. The van der Waals surface area contributed by atoms with E-state index in [1.54, 1.807) is 6.07 Å². The van der Waals surface area contributed by atoms with Gasteiger partial charge in [-0.15, -0.1) is 0 Å². The molecule has 5 heteroatoms. The molecule has 0 bridgehead atoms. The van der Waals surface area contributed by atoms with Gasteiger partial charge >= 0.3 is 0 Å². The van der Waals surface area contributed by atoms with E-state index in [2.05, 4.69) is 15.1 Å². The van der Waals surface area contributed by atoms with Gasteiger partial charge in [-0.05, 0) is 37.1 Å². The van der Waals surface area contributed by atoms with Crippen molar-refractivity contribution in [1.82, 2.24) is 9.78 Å². The van der Waals surface area contributed by atoms with Gasteiger partial charge in [-0.25, -0.2) is 4.39 Å². The molecule has 1 aromatic heterocycles. The second kappa shape index (κ2) is 5.83. The summed E-state index contributed by atoms with van der Waals surface area (Å²) in [6.45, 7) is 0.588. The lowest BCUT2D eigenvalue weighted by Crippen LogP contribution is -2.07. The van der Waals surface area contributed by atoms with E-state index in [1.807, 2.05) is 12.3 Å². The van der Waals surface area contributed by atoms with Gasteiger partial charge in [0.05, 0.1) is 29.0 Å². The van der Waals surface area contributed by atoms with Crippen LogP contribution in [0.15, 0.2) is 30.5 Å². The predicted octanol–water partition coefficient (Wildman–Crippen LogP) is 4.40. The van der Waals surface area contributed by atoms with Crippen molar-refractivity contribution in [2.45, 2.75) is 38.3 Å². The number of anilines is 1. The molecule has 1 saturated carbocycles. The average Bonchev–Trinajstić information content (AvgIpc) is 3.08.